The molecule has 0 aromatic heterocycles. The predicted octanol–water partition coefficient (Wildman–Crippen LogP) is 2.47. The molecule has 1 fully saturated rings. The lowest BCUT2D eigenvalue weighted by Gasteiger charge is -2.26. The molecular weight excluding hydrogens is 308 g/mol. The Morgan fingerprint density at radius 2 is 1.92 bits per heavy atom. The van der Waals surface area contributed by atoms with Gasteiger partial charge in [-0.15, -0.1) is 0 Å². The number of carbonyl (C=O) groups is 3. The zero-order chi connectivity index (χ0) is 17.4. The standard InChI is InChI=1S/C18H22N2O4/c1-10(2)8-15(16(21)19-24)20-17(22)13-7-6-12(11-4-3-5-11)9-14(13)18(20)23/h6-7,9-11,15,24H,3-5,8H2,1-2H3,(H,19,21). The number of fused-ring (bicyclic) bond motifs is 1. The molecule has 0 radical (unpaired) electrons. The third-order valence-corrected chi connectivity index (χ3v) is 4.94. The summed E-state index contributed by atoms with van der Waals surface area (Å²) in [4.78, 5) is 38.4. The van der Waals surface area contributed by atoms with Crippen molar-refractivity contribution in [3.05, 3.63) is 34.9 Å². The molecule has 1 aliphatic carbocycles. The minimum absolute atomic E-state index is 0.0853. The second kappa shape index (κ2) is 6.36. The molecule has 2 N–H and O–H groups in total. The van der Waals surface area contributed by atoms with Crippen molar-refractivity contribution >= 4 is 17.7 Å². The quantitative estimate of drug-likeness (QED) is 0.493. The van der Waals surface area contributed by atoms with Gasteiger partial charge in [-0.2, -0.15) is 0 Å². The van der Waals surface area contributed by atoms with Crippen molar-refractivity contribution < 1.29 is 19.6 Å². The summed E-state index contributed by atoms with van der Waals surface area (Å²) < 4.78 is 0. The first-order valence-electron chi connectivity index (χ1n) is 8.39. The summed E-state index contributed by atoms with van der Waals surface area (Å²) in [5.41, 5.74) is 3.36. The molecule has 24 heavy (non-hydrogen) atoms. The molecule has 3 rings (SSSR count). The van der Waals surface area contributed by atoms with Crippen molar-refractivity contribution in [1.82, 2.24) is 10.4 Å². The van der Waals surface area contributed by atoms with Gasteiger partial charge in [0.2, 0.25) is 0 Å². The van der Waals surface area contributed by atoms with Crippen molar-refractivity contribution in [2.24, 2.45) is 5.92 Å². The van der Waals surface area contributed by atoms with Gasteiger partial charge in [-0.25, -0.2) is 5.48 Å². The SMILES string of the molecule is CC(C)CC(C(=O)NO)N1C(=O)c2ccc(C3CCC3)cc2C1=O. The third-order valence-electron chi connectivity index (χ3n) is 4.94. The topological polar surface area (TPSA) is 86.7 Å². The first-order chi connectivity index (χ1) is 11.4. The van der Waals surface area contributed by atoms with Gasteiger partial charge >= 0.3 is 0 Å². The first kappa shape index (κ1) is 16.6. The first-order valence-corrected chi connectivity index (χ1v) is 8.39. The Bertz CT molecular complexity index is 694. The molecule has 6 nitrogen and oxygen atoms in total. The Balaban J connectivity index is 1.94. The zero-order valence-corrected chi connectivity index (χ0v) is 13.9. The number of nitrogens with one attached hydrogen (secondary N) is 1. The maximum Gasteiger partial charge on any atom is 0.266 e. The number of carbonyl (C=O) groups excluding carboxylic acids is 3. The van der Waals surface area contributed by atoms with E-state index in [4.69, 9.17) is 5.21 Å². The van der Waals surface area contributed by atoms with E-state index >= 15 is 0 Å². The number of amides is 3. The van der Waals surface area contributed by atoms with Crippen LogP contribution in [0.2, 0.25) is 0 Å². The van der Waals surface area contributed by atoms with Gasteiger partial charge in [-0.05, 0) is 48.8 Å². The molecule has 3 amide bonds. The van der Waals surface area contributed by atoms with Gasteiger partial charge in [0.25, 0.3) is 17.7 Å². The van der Waals surface area contributed by atoms with Crippen LogP contribution < -0.4 is 5.48 Å². The molecule has 1 saturated carbocycles. The molecule has 1 heterocycles. The van der Waals surface area contributed by atoms with Crippen LogP contribution >= 0.6 is 0 Å². The van der Waals surface area contributed by atoms with E-state index in [9.17, 15) is 14.4 Å². The lowest BCUT2D eigenvalue weighted by molar-refractivity contribution is -0.133. The molecule has 0 spiro atoms. The van der Waals surface area contributed by atoms with E-state index in [0.717, 1.165) is 23.3 Å². The average molecular weight is 330 g/mol. The number of imide groups is 1. The van der Waals surface area contributed by atoms with E-state index in [2.05, 4.69) is 0 Å². The smallest absolute Gasteiger partial charge is 0.266 e. The summed E-state index contributed by atoms with van der Waals surface area (Å²) in [7, 11) is 0. The lowest BCUT2D eigenvalue weighted by Crippen LogP contribution is -2.49. The van der Waals surface area contributed by atoms with E-state index in [1.807, 2.05) is 19.9 Å². The van der Waals surface area contributed by atoms with Crippen molar-refractivity contribution in [3.63, 3.8) is 0 Å². The Labute approximate surface area is 140 Å². The molecule has 0 bridgehead atoms. The fraction of sp³-hybridized carbons (Fsp3) is 0.500. The third kappa shape index (κ3) is 2.71. The minimum atomic E-state index is -1.01. The van der Waals surface area contributed by atoms with Crippen LogP contribution in [0.5, 0.6) is 0 Å². The Hall–Kier alpha value is -2.21. The number of hydrogen-bond donors (Lipinski definition) is 2. The van der Waals surface area contributed by atoms with Crippen molar-refractivity contribution in [2.75, 3.05) is 0 Å². The fourth-order valence-electron chi connectivity index (χ4n) is 3.41. The zero-order valence-electron chi connectivity index (χ0n) is 13.9. The molecule has 1 aliphatic heterocycles. The summed E-state index contributed by atoms with van der Waals surface area (Å²) in [6.45, 7) is 3.79. The second-order valence-electron chi connectivity index (χ2n) is 7.03. The van der Waals surface area contributed by atoms with Crippen LogP contribution in [-0.2, 0) is 4.79 Å². The summed E-state index contributed by atoms with van der Waals surface area (Å²) in [6, 6.07) is 4.38. The summed E-state index contributed by atoms with van der Waals surface area (Å²) in [5.74, 6) is -1.12. The van der Waals surface area contributed by atoms with E-state index in [1.54, 1.807) is 17.6 Å². The highest BCUT2D eigenvalue weighted by Crippen LogP contribution is 2.38. The summed E-state index contributed by atoms with van der Waals surface area (Å²) in [5, 5.41) is 8.98. The maximum atomic E-state index is 12.8. The monoisotopic (exact) mass is 330 g/mol. The second-order valence-corrected chi connectivity index (χ2v) is 7.03. The molecular formula is C18H22N2O4. The van der Waals surface area contributed by atoms with Gasteiger partial charge in [-0.3, -0.25) is 24.5 Å². The van der Waals surface area contributed by atoms with Crippen molar-refractivity contribution in [3.8, 4) is 0 Å². The van der Waals surface area contributed by atoms with Crippen LogP contribution in [0, 0.1) is 5.92 Å². The fourth-order valence-corrected chi connectivity index (χ4v) is 3.41. The molecule has 1 aromatic rings. The summed E-state index contributed by atoms with van der Waals surface area (Å²) in [6.07, 6.45) is 3.70. The number of rotatable bonds is 5. The normalized spacial score (nSPS) is 18.6. The van der Waals surface area contributed by atoms with E-state index < -0.39 is 23.8 Å². The molecule has 0 saturated heterocycles. The Morgan fingerprint density at radius 1 is 1.25 bits per heavy atom. The molecule has 1 atom stereocenters. The highest BCUT2D eigenvalue weighted by atomic mass is 16.5. The Kier molecular flexibility index (Phi) is 4.41. The molecule has 1 unspecified atom stereocenters. The minimum Gasteiger partial charge on any atom is -0.289 e. The number of hydroxylamine groups is 1. The maximum absolute atomic E-state index is 12.8. The molecule has 128 valence electrons. The number of nitrogens with zero attached hydrogens (tertiary/aromatic N) is 1. The number of hydrogen-bond acceptors (Lipinski definition) is 4. The van der Waals surface area contributed by atoms with Crippen LogP contribution in [-0.4, -0.2) is 33.9 Å². The highest BCUT2D eigenvalue weighted by Gasteiger charge is 2.43. The summed E-state index contributed by atoms with van der Waals surface area (Å²) >= 11 is 0. The van der Waals surface area contributed by atoms with Crippen LogP contribution in [0.25, 0.3) is 0 Å². The molecule has 2 aliphatic rings. The lowest BCUT2D eigenvalue weighted by atomic mass is 9.79. The van der Waals surface area contributed by atoms with Crippen LogP contribution in [0.15, 0.2) is 18.2 Å². The van der Waals surface area contributed by atoms with Gasteiger partial charge in [0, 0.05) is 0 Å². The van der Waals surface area contributed by atoms with Crippen LogP contribution in [0.3, 0.4) is 0 Å². The largest absolute Gasteiger partial charge is 0.289 e. The van der Waals surface area contributed by atoms with Gasteiger partial charge in [0.1, 0.15) is 6.04 Å². The van der Waals surface area contributed by atoms with Gasteiger partial charge in [0.05, 0.1) is 11.1 Å². The van der Waals surface area contributed by atoms with Gasteiger partial charge in [0.15, 0.2) is 0 Å². The van der Waals surface area contributed by atoms with Gasteiger partial charge in [-0.1, -0.05) is 26.3 Å². The van der Waals surface area contributed by atoms with Crippen molar-refractivity contribution in [1.29, 1.82) is 0 Å². The van der Waals surface area contributed by atoms with Crippen LogP contribution in [0.4, 0.5) is 0 Å². The number of benzene rings is 1. The van der Waals surface area contributed by atoms with E-state index in [0.29, 0.717) is 23.5 Å². The van der Waals surface area contributed by atoms with E-state index in [1.165, 1.54) is 6.42 Å². The van der Waals surface area contributed by atoms with Crippen LogP contribution in [0.1, 0.15) is 71.7 Å². The van der Waals surface area contributed by atoms with E-state index in [-0.39, 0.29) is 5.92 Å². The van der Waals surface area contributed by atoms with Crippen molar-refractivity contribution in [2.45, 2.75) is 51.5 Å². The molecule has 1 aromatic carbocycles. The van der Waals surface area contributed by atoms with Gasteiger partial charge < -0.3 is 0 Å². The average Bonchev–Trinajstić information content (AvgIpc) is 2.74. The Morgan fingerprint density at radius 3 is 2.46 bits per heavy atom. The molecule has 6 heteroatoms. The highest BCUT2D eigenvalue weighted by molar-refractivity contribution is 6.22. The predicted molar refractivity (Wildman–Crippen MR) is 86.7 cm³/mol.